The Morgan fingerprint density at radius 1 is 1.32 bits per heavy atom. The molecule has 0 saturated heterocycles. The molecule has 0 saturated carbocycles. The number of phenols is 1. The smallest absolute Gasteiger partial charge is 0.507 e. The number of phenolic OH excluding ortho intramolecular Hbond substituents is 1. The number of benzene rings is 1. The lowest BCUT2D eigenvalue weighted by Crippen LogP contribution is -2.17. The molecule has 0 amide bonds. The molecule has 0 atom stereocenters. The number of ether oxygens (including phenoxy) is 1. The molecule has 9 heteroatoms. The Labute approximate surface area is 124 Å². The average Bonchev–Trinajstić information content (AvgIpc) is 2.83. The summed E-state index contributed by atoms with van der Waals surface area (Å²) < 4.78 is 42.3. The lowest BCUT2D eigenvalue weighted by atomic mass is 10.2. The van der Waals surface area contributed by atoms with E-state index < -0.39 is 12.1 Å². The Hall–Kier alpha value is -2.45. The highest BCUT2D eigenvalue weighted by atomic mass is 19.4. The number of hydrogen-bond acceptors (Lipinski definition) is 5. The Morgan fingerprint density at radius 2 is 2.00 bits per heavy atom. The number of anilines is 1. The summed E-state index contributed by atoms with van der Waals surface area (Å²) in [5.74, 6) is -0.0256. The van der Waals surface area contributed by atoms with E-state index in [0.29, 0.717) is 12.5 Å². The van der Waals surface area contributed by atoms with Gasteiger partial charge in [-0.05, 0) is 25.1 Å². The van der Waals surface area contributed by atoms with Gasteiger partial charge in [-0.15, -0.1) is 18.3 Å². The third-order valence-corrected chi connectivity index (χ3v) is 2.79. The van der Waals surface area contributed by atoms with Crippen LogP contribution in [-0.4, -0.2) is 40.3 Å². The van der Waals surface area contributed by atoms with Crippen molar-refractivity contribution in [3.05, 3.63) is 18.2 Å². The summed E-state index contributed by atoms with van der Waals surface area (Å²) in [4.78, 5) is 5.95. The standard InChI is InChI=1S/C13H15F3N4O2/c1-4-20-12(19(2)3)17-11(18-20)9-7-8(5-6-10(9)21)22-13(14,15)16/h5-7,21H,4H2,1-3H3. The van der Waals surface area contributed by atoms with Crippen molar-refractivity contribution in [2.75, 3.05) is 19.0 Å². The third kappa shape index (κ3) is 3.41. The highest BCUT2D eigenvalue weighted by Crippen LogP contribution is 2.33. The molecular formula is C13H15F3N4O2. The van der Waals surface area contributed by atoms with Gasteiger partial charge >= 0.3 is 6.36 Å². The van der Waals surface area contributed by atoms with Crippen LogP contribution in [0.4, 0.5) is 19.1 Å². The van der Waals surface area contributed by atoms with E-state index in [-0.39, 0.29) is 17.1 Å². The highest BCUT2D eigenvalue weighted by Gasteiger charge is 2.31. The molecule has 0 aliphatic carbocycles. The molecule has 0 aliphatic rings. The molecule has 2 aromatic rings. The molecule has 120 valence electrons. The van der Waals surface area contributed by atoms with Crippen LogP contribution >= 0.6 is 0 Å². The van der Waals surface area contributed by atoms with Gasteiger partial charge in [0, 0.05) is 20.6 Å². The van der Waals surface area contributed by atoms with E-state index in [1.54, 1.807) is 23.7 Å². The van der Waals surface area contributed by atoms with Crippen molar-refractivity contribution < 1.29 is 23.0 Å². The Balaban J connectivity index is 2.46. The average molecular weight is 316 g/mol. The zero-order valence-corrected chi connectivity index (χ0v) is 12.2. The minimum atomic E-state index is -4.81. The fourth-order valence-corrected chi connectivity index (χ4v) is 1.88. The van der Waals surface area contributed by atoms with Crippen molar-refractivity contribution in [2.24, 2.45) is 0 Å². The van der Waals surface area contributed by atoms with Gasteiger partial charge in [0.2, 0.25) is 5.95 Å². The van der Waals surface area contributed by atoms with Gasteiger partial charge in [0.05, 0.1) is 5.56 Å². The second-order valence-electron chi connectivity index (χ2n) is 4.67. The zero-order chi connectivity index (χ0) is 16.5. The monoisotopic (exact) mass is 316 g/mol. The van der Waals surface area contributed by atoms with Crippen LogP contribution in [0, 0.1) is 0 Å². The van der Waals surface area contributed by atoms with E-state index in [2.05, 4.69) is 14.8 Å². The summed E-state index contributed by atoms with van der Waals surface area (Å²) in [5.41, 5.74) is 0.0667. The molecule has 1 aromatic carbocycles. The molecule has 0 aliphatic heterocycles. The summed E-state index contributed by atoms with van der Waals surface area (Å²) in [6.45, 7) is 2.38. The molecule has 0 bridgehead atoms. The summed E-state index contributed by atoms with van der Waals surface area (Å²) in [5, 5.41) is 14.0. The lowest BCUT2D eigenvalue weighted by molar-refractivity contribution is -0.274. The first-order chi connectivity index (χ1) is 10.2. The molecule has 1 N–H and O–H groups in total. The van der Waals surface area contributed by atoms with Crippen molar-refractivity contribution >= 4 is 5.95 Å². The van der Waals surface area contributed by atoms with Crippen molar-refractivity contribution in [3.63, 3.8) is 0 Å². The van der Waals surface area contributed by atoms with E-state index in [1.165, 1.54) is 0 Å². The predicted octanol–water partition coefficient (Wildman–Crippen LogP) is 2.64. The lowest BCUT2D eigenvalue weighted by Gasteiger charge is -2.10. The minimum absolute atomic E-state index is 0.0667. The van der Waals surface area contributed by atoms with E-state index in [4.69, 9.17) is 0 Å². The summed E-state index contributed by atoms with van der Waals surface area (Å²) >= 11 is 0. The number of halogens is 3. The van der Waals surface area contributed by atoms with Gasteiger partial charge < -0.3 is 14.7 Å². The second kappa shape index (κ2) is 5.74. The van der Waals surface area contributed by atoms with Crippen molar-refractivity contribution in [2.45, 2.75) is 19.8 Å². The maximum absolute atomic E-state index is 12.3. The quantitative estimate of drug-likeness (QED) is 0.939. The first kappa shape index (κ1) is 15.9. The first-order valence-corrected chi connectivity index (χ1v) is 6.42. The maximum Gasteiger partial charge on any atom is 0.573 e. The van der Waals surface area contributed by atoms with Gasteiger partial charge in [-0.2, -0.15) is 4.98 Å². The van der Waals surface area contributed by atoms with Gasteiger partial charge in [0.15, 0.2) is 5.82 Å². The Bertz CT molecular complexity index is 668. The molecule has 1 heterocycles. The van der Waals surface area contributed by atoms with Crippen molar-refractivity contribution in [3.8, 4) is 22.9 Å². The zero-order valence-electron chi connectivity index (χ0n) is 12.2. The fourth-order valence-electron chi connectivity index (χ4n) is 1.88. The molecule has 6 nitrogen and oxygen atoms in total. The molecule has 0 unspecified atom stereocenters. The maximum atomic E-state index is 12.3. The highest BCUT2D eigenvalue weighted by molar-refractivity contribution is 5.66. The minimum Gasteiger partial charge on any atom is -0.507 e. The largest absolute Gasteiger partial charge is 0.573 e. The van der Waals surface area contributed by atoms with Crippen LogP contribution in [0.1, 0.15) is 6.92 Å². The number of aryl methyl sites for hydroxylation is 1. The van der Waals surface area contributed by atoms with Crippen molar-refractivity contribution in [1.29, 1.82) is 0 Å². The molecule has 0 radical (unpaired) electrons. The van der Waals surface area contributed by atoms with Gasteiger partial charge in [-0.25, -0.2) is 4.68 Å². The molecule has 0 fully saturated rings. The van der Waals surface area contributed by atoms with Crippen LogP contribution in [0.5, 0.6) is 11.5 Å². The van der Waals surface area contributed by atoms with Crippen LogP contribution in [0.3, 0.4) is 0 Å². The van der Waals surface area contributed by atoms with E-state index in [0.717, 1.165) is 18.2 Å². The molecule has 2 rings (SSSR count). The fraction of sp³-hybridized carbons (Fsp3) is 0.385. The van der Waals surface area contributed by atoms with Gasteiger partial charge in [0.1, 0.15) is 11.5 Å². The number of aromatic hydroxyl groups is 1. The Morgan fingerprint density at radius 3 is 2.50 bits per heavy atom. The normalized spacial score (nSPS) is 11.5. The van der Waals surface area contributed by atoms with Crippen LogP contribution in [0.2, 0.25) is 0 Å². The summed E-state index contributed by atoms with van der Waals surface area (Å²) in [6.07, 6.45) is -4.81. The summed E-state index contributed by atoms with van der Waals surface area (Å²) in [6, 6.07) is 3.19. The number of rotatable bonds is 4. The molecular weight excluding hydrogens is 301 g/mol. The van der Waals surface area contributed by atoms with E-state index in [1.807, 2.05) is 6.92 Å². The Kier molecular flexibility index (Phi) is 4.16. The van der Waals surface area contributed by atoms with Crippen LogP contribution in [0.25, 0.3) is 11.4 Å². The molecule has 0 spiro atoms. The third-order valence-electron chi connectivity index (χ3n) is 2.79. The number of aromatic nitrogens is 3. The number of hydrogen-bond donors (Lipinski definition) is 1. The molecule has 22 heavy (non-hydrogen) atoms. The van der Waals surface area contributed by atoms with E-state index in [9.17, 15) is 18.3 Å². The molecule has 1 aromatic heterocycles. The topological polar surface area (TPSA) is 63.4 Å². The van der Waals surface area contributed by atoms with Gasteiger partial charge in [-0.3, -0.25) is 0 Å². The van der Waals surface area contributed by atoms with Crippen LogP contribution in [0.15, 0.2) is 18.2 Å². The van der Waals surface area contributed by atoms with E-state index >= 15 is 0 Å². The summed E-state index contributed by atoms with van der Waals surface area (Å²) in [7, 11) is 3.53. The van der Waals surface area contributed by atoms with Gasteiger partial charge in [0.25, 0.3) is 0 Å². The van der Waals surface area contributed by atoms with Gasteiger partial charge in [-0.1, -0.05) is 0 Å². The second-order valence-corrected chi connectivity index (χ2v) is 4.67. The first-order valence-electron chi connectivity index (χ1n) is 6.42. The van der Waals surface area contributed by atoms with Crippen molar-refractivity contribution in [1.82, 2.24) is 14.8 Å². The SMILES string of the molecule is CCn1nc(-c2cc(OC(F)(F)F)ccc2O)nc1N(C)C. The number of nitrogens with zero attached hydrogens (tertiary/aromatic N) is 4. The predicted molar refractivity (Wildman–Crippen MR) is 73.8 cm³/mol. The number of alkyl halides is 3. The van der Waals surface area contributed by atoms with Crippen LogP contribution < -0.4 is 9.64 Å². The van der Waals surface area contributed by atoms with Crippen LogP contribution in [-0.2, 0) is 6.54 Å².